The largest absolute Gasteiger partial charge is 0.490 e. The lowest BCUT2D eigenvalue weighted by Gasteiger charge is -2.13. The van der Waals surface area contributed by atoms with Crippen molar-refractivity contribution in [3.05, 3.63) is 57.6 Å². The predicted octanol–water partition coefficient (Wildman–Crippen LogP) is 5.85. The van der Waals surface area contributed by atoms with E-state index in [1.54, 1.807) is 30.3 Å². The van der Waals surface area contributed by atoms with Crippen molar-refractivity contribution in [1.29, 1.82) is 5.26 Å². The van der Waals surface area contributed by atoms with E-state index in [-0.39, 0.29) is 0 Å². The molecular formula is C19H17Cl2NO2. The highest BCUT2D eigenvalue weighted by Gasteiger charge is 2.13. The molecule has 3 nitrogen and oxygen atoms in total. The van der Waals surface area contributed by atoms with Crippen molar-refractivity contribution in [2.45, 2.75) is 13.8 Å². The van der Waals surface area contributed by atoms with Crippen molar-refractivity contribution in [2.24, 2.45) is 0 Å². The number of ether oxygens (including phenoxy) is 2. The third-order valence-corrected chi connectivity index (χ3v) is 3.83. The zero-order valence-electron chi connectivity index (χ0n) is 13.5. The minimum absolute atomic E-state index is 0.436. The Bertz CT molecular complexity index is 794. The lowest BCUT2D eigenvalue weighted by molar-refractivity contribution is 0.288. The molecule has 124 valence electrons. The Morgan fingerprint density at radius 2 is 1.79 bits per heavy atom. The van der Waals surface area contributed by atoms with Crippen LogP contribution in [0.5, 0.6) is 11.5 Å². The molecule has 0 aliphatic carbocycles. The second kappa shape index (κ2) is 8.63. The molecule has 0 N–H and O–H groups in total. The molecule has 0 fully saturated rings. The Kier molecular flexibility index (Phi) is 6.54. The second-order valence-corrected chi connectivity index (χ2v) is 5.66. The minimum atomic E-state index is 0.436. The summed E-state index contributed by atoms with van der Waals surface area (Å²) in [5.74, 6) is 1.06. The predicted molar refractivity (Wildman–Crippen MR) is 98.7 cm³/mol. The summed E-state index contributed by atoms with van der Waals surface area (Å²) in [7, 11) is 0. The molecule has 0 saturated heterocycles. The molecule has 2 rings (SSSR count). The highest BCUT2D eigenvalue weighted by Crippen LogP contribution is 2.38. The van der Waals surface area contributed by atoms with Gasteiger partial charge in [-0.1, -0.05) is 41.4 Å². The van der Waals surface area contributed by atoms with Crippen LogP contribution in [0.2, 0.25) is 10.0 Å². The molecule has 0 aliphatic rings. The maximum absolute atomic E-state index is 9.48. The summed E-state index contributed by atoms with van der Waals surface area (Å²) < 4.78 is 11.2. The Morgan fingerprint density at radius 1 is 1.08 bits per heavy atom. The van der Waals surface area contributed by atoms with Gasteiger partial charge in [0.05, 0.1) is 29.9 Å². The van der Waals surface area contributed by atoms with E-state index in [2.05, 4.69) is 6.07 Å². The van der Waals surface area contributed by atoms with Gasteiger partial charge in [-0.2, -0.15) is 5.26 Å². The van der Waals surface area contributed by atoms with Gasteiger partial charge in [0.1, 0.15) is 0 Å². The summed E-state index contributed by atoms with van der Waals surface area (Å²) in [6, 6.07) is 12.9. The maximum atomic E-state index is 9.48. The quantitative estimate of drug-likeness (QED) is 0.478. The molecule has 0 spiro atoms. The maximum Gasteiger partial charge on any atom is 0.179 e. The minimum Gasteiger partial charge on any atom is -0.490 e. The first kappa shape index (κ1) is 18.2. The van der Waals surface area contributed by atoms with Gasteiger partial charge in [-0.25, -0.2) is 0 Å². The third kappa shape index (κ3) is 4.23. The topological polar surface area (TPSA) is 42.2 Å². The molecule has 2 aromatic carbocycles. The normalized spacial score (nSPS) is 11.0. The van der Waals surface area contributed by atoms with E-state index in [0.717, 1.165) is 5.56 Å². The molecule has 0 aromatic heterocycles. The summed E-state index contributed by atoms with van der Waals surface area (Å²) in [6.07, 6.45) is 1.73. The molecule has 0 bridgehead atoms. The van der Waals surface area contributed by atoms with Gasteiger partial charge in [0.2, 0.25) is 0 Å². The molecule has 0 radical (unpaired) electrons. The van der Waals surface area contributed by atoms with E-state index in [1.165, 1.54) is 0 Å². The van der Waals surface area contributed by atoms with Crippen molar-refractivity contribution in [3.8, 4) is 17.6 Å². The Labute approximate surface area is 152 Å². The summed E-state index contributed by atoms with van der Waals surface area (Å²) in [5, 5.41) is 10.4. The molecule has 5 heteroatoms. The van der Waals surface area contributed by atoms with Gasteiger partial charge in [0.15, 0.2) is 11.5 Å². The molecule has 2 aromatic rings. The summed E-state index contributed by atoms with van der Waals surface area (Å²) in [5.41, 5.74) is 1.86. The molecule has 0 aliphatic heterocycles. The van der Waals surface area contributed by atoms with E-state index in [0.29, 0.717) is 45.9 Å². The highest BCUT2D eigenvalue weighted by molar-refractivity contribution is 6.33. The van der Waals surface area contributed by atoms with Crippen molar-refractivity contribution in [2.75, 3.05) is 13.2 Å². The lowest BCUT2D eigenvalue weighted by Crippen LogP contribution is -1.99. The Morgan fingerprint density at radius 3 is 2.42 bits per heavy atom. The van der Waals surface area contributed by atoms with Crippen LogP contribution in [0.4, 0.5) is 0 Å². The van der Waals surface area contributed by atoms with Gasteiger partial charge in [-0.05, 0) is 43.7 Å². The van der Waals surface area contributed by atoms with Crippen molar-refractivity contribution < 1.29 is 9.47 Å². The first-order chi connectivity index (χ1) is 11.6. The van der Waals surface area contributed by atoms with Crippen molar-refractivity contribution in [3.63, 3.8) is 0 Å². The van der Waals surface area contributed by atoms with Crippen LogP contribution in [-0.2, 0) is 0 Å². The zero-order chi connectivity index (χ0) is 17.5. The van der Waals surface area contributed by atoms with Crippen molar-refractivity contribution >= 4 is 34.9 Å². The first-order valence-corrected chi connectivity index (χ1v) is 8.32. The Balaban J connectivity index is 2.51. The molecule has 0 atom stereocenters. The van der Waals surface area contributed by atoms with E-state index >= 15 is 0 Å². The number of nitrogens with zero attached hydrogens (tertiary/aromatic N) is 1. The molecule has 0 amide bonds. The van der Waals surface area contributed by atoms with E-state index in [1.807, 2.05) is 26.0 Å². The second-order valence-electron chi connectivity index (χ2n) is 4.85. The van der Waals surface area contributed by atoms with Crippen LogP contribution in [-0.4, -0.2) is 13.2 Å². The smallest absolute Gasteiger partial charge is 0.179 e. The molecule has 0 saturated carbocycles. The number of rotatable bonds is 6. The monoisotopic (exact) mass is 361 g/mol. The van der Waals surface area contributed by atoms with Crippen LogP contribution in [0, 0.1) is 11.3 Å². The van der Waals surface area contributed by atoms with E-state index in [9.17, 15) is 5.26 Å². The number of halogens is 2. The fourth-order valence-corrected chi connectivity index (χ4v) is 2.75. The van der Waals surface area contributed by atoms with Crippen LogP contribution >= 0.6 is 23.2 Å². The van der Waals surface area contributed by atoms with E-state index in [4.69, 9.17) is 32.7 Å². The number of allylic oxidation sites excluding steroid dienone is 1. The third-order valence-electron chi connectivity index (χ3n) is 3.22. The average molecular weight is 362 g/mol. The van der Waals surface area contributed by atoms with Gasteiger partial charge in [0.25, 0.3) is 0 Å². The van der Waals surface area contributed by atoms with Gasteiger partial charge < -0.3 is 9.47 Å². The molecule has 0 unspecified atom stereocenters. The highest BCUT2D eigenvalue weighted by atomic mass is 35.5. The number of benzene rings is 2. The van der Waals surface area contributed by atoms with Gasteiger partial charge in [0, 0.05) is 10.6 Å². The fourth-order valence-electron chi connectivity index (χ4n) is 2.24. The molecular weight excluding hydrogens is 345 g/mol. The van der Waals surface area contributed by atoms with Crippen LogP contribution in [0.1, 0.15) is 25.0 Å². The number of hydrogen-bond donors (Lipinski definition) is 0. The van der Waals surface area contributed by atoms with Gasteiger partial charge in [-0.15, -0.1) is 0 Å². The van der Waals surface area contributed by atoms with Crippen LogP contribution < -0.4 is 9.47 Å². The SMILES string of the molecule is CCOc1cc(C=C(C#N)c2ccccc2Cl)cc(Cl)c1OCC. The zero-order valence-corrected chi connectivity index (χ0v) is 15.0. The van der Waals surface area contributed by atoms with Gasteiger partial charge >= 0.3 is 0 Å². The summed E-state index contributed by atoms with van der Waals surface area (Å²) in [6.45, 7) is 4.74. The number of hydrogen-bond acceptors (Lipinski definition) is 3. The fraction of sp³-hybridized carbons (Fsp3) is 0.211. The van der Waals surface area contributed by atoms with Crippen molar-refractivity contribution in [1.82, 2.24) is 0 Å². The van der Waals surface area contributed by atoms with Gasteiger partial charge in [-0.3, -0.25) is 0 Å². The number of nitriles is 1. The molecule has 24 heavy (non-hydrogen) atoms. The molecule has 0 heterocycles. The first-order valence-electron chi connectivity index (χ1n) is 7.56. The van der Waals surface area contributed by atoms with Crippen LogP contribution in [0.25, 0.3) is 11.6 Å². The van der Waals surface area contributed by atoms with Crippen LogP contribution in [0.3, 0.4) is 0 Å². The van der Waals surface area contributed by atoms with Crippen LogP contribution in [0.15, 0.2) is 36.4 Å². The average Bonchev–Trinajstić information content (AvgIpc) is 2.57. The summed E-state index contributed by atoms with van der Waals surface area (Å²) in [4.78, 5) is 0. The Hall–Kier alpha value is -2.15. The summed E-state index contributed by atoms with van der Waals surface area (Å²) >= 11 is 12.5. The lowest BCUT2D eigenvalue weighted by atomic mass is 10.0. The van der Waals surface area contributed by atoms with E-state index < -0.39 is 0 Å². The standard InChI is InChI=1S/C19H17Cl2NO2/c1-3-23-18-11-13(10-17(21)19(18)24-4-2)9-14(12-22)15-7-5-6-8-16(15)20/h5-11H,3-4H2,1-2H3.